The Bertz CT molecular complexity index is 979. The van der Waals surface area contributed by atoms with Crippen molar-refractivity contribution in [3.8, 4) is 0 Å². The summed E-state index contributed by atoms with van der Waals surface area (Å²) < 4.78 is 35.3. The molecule has 11 heteroatoms. The highest BCUT2D eigenvalue weighted by Crippen LogP contribution is 2.37. The van der Waals surface area contributed by atoms with Gasteiger partial charge < -0.3 is 9.47 Å². The third-order valence-electron chi connectivity index (χ3n) is 6.18. The zero-order valence-electron chi connectivity index (χ0n) is 22.2. The SMILES string of the molecule is COCCNNC(=O)[C@@](CC(C)C)([C@@H](CC=Cc1ccccc1)C(=O)NOC1CCCCO1)S(C)(=O)=O. The first-order valence-corrected chi connectivity index (χ1v) is 14.5. The molecule has 37 heavy (non-hydrogen) atoms. The Hall–Kier alpha value is -2.31. The second kappa shape index (κ2) is 15.2. The molecule has 1 aromatic rings. The first-order chi connectivity index (χ1) is 17.6. The fourth-order valence-corrected chi connectivity index (χ4v) is 6.14. The Morgan fingerprint density at radius 2 is 1.95 bits per heavy atom. The molecule has 3 atom stereocenters. The van der Waals surface area contributed by atoms with Gasteiger partial charge in [0, 0.05) is 32.9 Å². The molecule has 0 aliphatic carbocycles. The van der Waals surface area contributed by atoms with Crippen LogP contribution in [0.5, 0.6) is 0 Å². The highest BCUT2D eigenvalue weighted by Gasteiger charge is 2.56. The van der Waals surface area contributed by atoms with Crippen LogP contribution in [0.4, 0.5) is 0 Å². The smallest absolute Gasteiger partial charge is 0.256 e. The number of nitrogens with one attached hydrogen (secondary N) is 3. The van der Waals surface area contributed by atoms with Crippen LogP contribution in [0.2, 0.25) is 0 Å². The Labute approximate surface area is 220 Å². The molecule has 2 amide bonds. The maximum atomic E-state index is 13.6. The van der Waals surface area contributed by atoms with Gasteiger partial charge in [0.2, 0.25) is 5.91 Å². The number of allylic oxidation sites excluding steroid dienone is 1. The van der Waals surface area contributed by atoms with Crippen molar-refractivity contribution in [2.24, 2.45) is 11.8 Å². The summed E-state index contributed by atoms with van der Waals surface area (Å²) in [5, 5.41) is 0. The maximum absolute atomic E-state index is 13.6. The predicted octanol–water partition coefficient (Wildman–Crippen LogP) is 2.38. The number of carbonyl (C=O) groups is 2. The van der Waals surface area contributed by atoms with Gasteiger partial charge in [0.25, 0.3) is 5.91 Å². The number of hydroxylamine groups is 1. The highest BCUT2D eigenvalue weighted by molar-refractivity contribution is 7.93. The van der Waals surface area contributed by atoms with Gasteiger partial charge in [-0.1, -0.05) is 56.3 Å². The number of amides is 2. The van der Waals surface area contributed by atoms with E-state index in [2.05, 4.69) is 16.3 Å². The summed E-state index contributed by atoms with van der Waals surface area (Å²) in [6.45, 7) is 4.70. The molecule has 3 N–H and O–H groups in total. The Morgan fingerprint density at radius 3 is 2.54 bits per heavy atom. The maximum Gasteiger partial charge on any atom is 0.256 e. The molecule has 208 valence electrons. The van der Waals surface area contributed by atoms with Crippen LogP contribution >= 0.6 is 0 Å². The zero-order valence-corrected chi connectivity index (χ0v) is 23.0. The van der Waals surface area contributed by atoms with Crippen LogP contribution in [0.1, 0.15) is 51.5 Å². The van der Waals surface area contributed by atoms with Gasteiger partial charge in [0.15, 0.2) is 20.9 Å². The lowest BCUT2D eigenvalue weighted by Gasteiger charge is -2.38. The Morgan fingerprint density at radius 1 is 1.22 bits per heavy atom. The number of methoxy groups -OCH3 is 1. The third kappa shape index (κ3) is 9.19. The van der Waals surface area contributed by atoms with Crippen LogP contribution in [-0.4, -0.2) is 64.4 Å². The molecule has 0 radical (unpaired) electrons. The van der Waals surface area contributed by atoms with Gasteiger partial charge >= 0.3 is 0 Å². The van der Waals surface area contributed by atoms with Gasteiger partial charge in [-0.3, -0.25) is 15.0 Å². The summed E-state index contributed by atoms with van der Waals surface area (Å²) in [6.07, 6.45) is 6.19. The molecule has 0 saturated carbocycles. The third-order valence-corrected chi connectivity index (χ3v) is 8.14. The van der Waals surface area contributed by atoms with Crippen molar-refractivity contribution in [3.63, 3.8) is 0 Å². The van der Waals surface area contributed by atoms with E-state index in [0.717, 1.165) is 24.7 Å². The molecule has 1 aliphatic rings. The minimum Gasteiger partial charge on any atom is -0.383 e. The molecule has 0 spiro atoms. The summed E-state index contributed by atoms with van der Waals surface area (Å²) in [5.41, 5.74) is 8.49. The fraction of sp³-hybridized carbons (Fsp3) is 0.615. The molecule has 0 bridgehead atoms. The van der Waals surface area contributed by atoms with E-state index in [9.17, 15) is 18.0 Å². The largest absolute Gasteiger partial charge is 0.383 e. The van der Waals surface area contributed by atoms with E-state index in [0.29, 0.717) is 19.6 Å². The molecule has 1 unspecified atom stereocenters. The van der Waals surface area contributed by atoms with Gasteiger partial charge in [0.1, 0.15) is 0 Å². The van der Waals surface area contributed by atoms with Crippen molar-refractivity contribution in [3.05, 3.63) is 42.0 Å². The van der Waals surface area contributed by atoms with E-state index in [4.69, 9.17) is 14.3 Å². The first kappa shape index (κ1) is 30.9. The van der Waals surface area contributed by atoms with Crippen molar-refractivity contribution >= 4 is 27.7 Å². The number of hydrogen-bond acceptors (Lipinski definition) is 8. The normalized spacial score (nSPS) is 18.9. The Balaban J connectivity index is 2.43. The standard InChI is InChI=1S/C26H41N3O7S/c1-20(2)19-26(37(4,32)33,25(31)28-27-16-18-34-3)22(14-10-13-21-11-6-5-7-12-21)24(30)29-36-23-15-8-9-17-35-23/h5-7,10-13,20,22-23,27H,8-9,14-19H2,1-4H3,(H,28,31)(H,29,30)/t22-,23?,26+/m0/s1. The van der Waals surface area contributed by atoms with Crippen LogP contribution in [0.25, 0.3) is 6.08 Å². The quantitative estimate of drug-likeness (QED) is 0.229. The molecule has 10 nitrogen and oxygen atoms in total. The summed E-state index contributed by atoms with van der Waals surface area (Å²) >= 11 is 0. The lowest BCUT2D eigenvalue weighted by Crippen LogP contribution is -2.63. The van der Waals surface area contributed by atoms with Crippen LogP contribution < -0.4 is 16.3 Å². The topological polar surface area (TPSA) is 132 Å². The number of carbonyl (C=O) groups excluding carboxylic acids is 2. The van der Waals surface area contributed by atoms with Crippen LogP contribution in [0.3, 0.4) is 0 Å². The zero-order chi connectivity index (χ0) is 27.3. The predicted molar refractivity (Wildman–Crippen MR) is 141 cm³/mol. The summed E-state index contributed by atoms with van der Waals surface area (Å²) in [4.78, 5) is 32.7. The molecule has 1 heterocycles. The van der Waals surface area contributed by atoms with E-state index in [1.807, 2.05) is 44.2 Å². The van der Waals surface area contributed by atoms with Crippen LogP contribution in [0, 0.1) is 11.8 Å². The molecule has 2 rings (SSSR count). The van der Waals surface area contributed by atoms with E-state index >= 15 is 0 Å². The summed E-state index contributed by atoms with van der Waals surface area (Å²) in [5.74, 6) is -3.00. The van der Waals surface area contributed by atoms with Gasteiger partial charge in [0.05, 0.1) is 12.5 Å². The molecule has 1 fully saturated rings. The van der Waals surface area contributed by atoms with E-state index < -0.39 is 38.6 Å². The minimum atomic E-state index is -4.11. The van der Waals surface area contributed by atoms with Gasteiger partial charge in [-0.05, 0) is 37.2 Å². The molecular formula is C26H41N3O7S. The van der Waals surface area contributed by atoms with Crippen LogP contribution in [0.15, 0.2) is 36.4 Å². The number of sulfone groups is 1. The van der Waals surface area contributed by atoms with E-state index in [1.54, 1.807) is 12.2 Å². The van der Waals surface area contributed by atoms with Crippen molar-refractivity contribution < 1.29 is 32.3 Å². The van der Waals surface area contributed by atoms with Crippen molar-refractivity contribution in [2.75, 3.05) is 33.1 Å². The lowest BCUT2D eigenvalue weighted by molar-refractivity contribution is -0.202. The average molecular weight is 540 g/mol. The molecule has 1 aromatic carbocycles. The van der Waals surface area contributed by atoms with Gasteiger partial charge in [-0.15, -0.1) is 0 Å². The second-order valence-electron chi connectivity index (χ2n) is 9.61. The number of rotatable bonds is 15. The van der Waals surface area contributed by atoms with E-state index in [1.165, 1.54) is 7.11 Å². The fourth-order valence-electron chi connectivity index (χ4n) is 4.39. The van der Waals surface area contributed by atoms with Crippen LogP contribution in [-0.2, 0) is 33.7 Å². The van der Waals surface area contributed by atoms with Gasteiger partial charge in [-0.25, -0.2) is 24.2 Å². The number of hydrazine groups is 1. The molecule has 0 aromatic heterocycles. The van der Waals surface area contributed by atoms with Crippen molar-refractivity contribution in [1.29, 1.82) is 0 Å². The lowest BCUT2D eigenvalue weighted by atomic mass is 9.81. The van der Waals surface area contributed by atoms with Gasteiger partial charge in [-0.2, -0.15) is 0 Å². The Kier molecular flexibility index (Phi) is 12.7. The summed E-state index contributed by atoms with van der Waals surface area (Å²) in [6, 6.07) is 9.41. The summed E-state index contributed by atoms with van der Waals surface area (Å²) in [7, 11) is -2.60. The number of hydrogen-bond donors (Lipinski definition) is 3. The minimum absolute atomic E-state index is 0.0130. The average Bonchev–Trinajstić information content (AvgIpc) is 2.87. The van der Waals surface area contributed by atoms with E-state index in [-0.39, 0.29) is 25.3 Å². The molecular weight excluding hydrogens is 498 g/mol. The molecule has 1 aliphatic heterocycles. The monoisotopic (exact) mass is 539 g/mol. The van der Waals surface area contributed by atoms with Crippen molar-refractivity contribution in [2.45, 2.75) is 57.0 Å². The first-order valence-electron chi connectivity index (χ1n) is 12.6. The second-order valence-corrected chi connectivity index (χ2v) is 11.9. The number of ether oxygens (including phenoxy) is 2. The number of benzene rings is 1. The highest BCUT2D eigenvalue weighted by atomic mass is 32.2. The molecule has 1 saturated heterocycles. The van der Waals surface area contributed by atoms with Crippen molar-refractivity contribution in [1.82, 2.24) is 16.3 Å².